The second-order valence-electron chi connectivity index (χ2n) is 7.57. The Hall–Kier alpha value is -1.59. The largest absolute Gasteiger partial charge is 0.353 e. The summed E-state index contributed by atoms with van der Waals surface area (Å²) in [7, 11) is 3.57. The summed E-state index contributed by atoms with van der Waals surface area (Å²) in [6.45, 7) is 7.20. The minimum atomic E-state index is -0.321. The predicted molar refractivity (Wildman–Crippen MR) is 99.0 cm³/mol. The van der Waals surface area contributed by atoms with Gasteiger partial charge in [0.25, 0.3) is 0 Å². The van der Waals surface area contributed by atoms with Crippen molar-refractivity contribution in [3.05, 3.63) is 0 Å². The second-order valence-corrected chi connectivity index (χ2v) is 7.57. The number of carbonyl (C=O) groups excluding carboxylic acids is 3. The third-order valence-electron chi connectivity index (χ3n) is 5.38. The summed E-state index contributed by atoms with van der Waals surface area (Å²) in [6.07, 6.45) is 5.27. The fraction of sp³-hybridized carbons (Fsp3) is 0.842. The molecule has 1 heterocycles. The summed E-state index contributed by atoms with van der Waals surface area (Å²) >= 11 is 0. The van der Waals surface area contributed by atoms with E-state index in [-0.39, 0.29) is 29.2 Å². The van der Waals surface area contributed by atoms with Crippen LogP contribution in [0.1, 0.15) is 65.7 Å². The molecule has 1 rings (SSSR count). The van der Waals surface area contributed by atoms with Gasteiger partial charge in [-0.3, -0.25) is 14.4 Å². The van der Waals surface area contributed by atoms with Crippen molar-refractivity contribution in [3.8, 4) is 0 Å². The number of nitrogens with zero attached hydrogens (tertiary/aromatic N) is 2. The van der Waals surface area contributed by atoms with Crippen molar-refractivity contribution >= 4 is 17.7 Å². The van der Waals surface area contributed by atoms with Gasteiger partial charge in [0, 0.05) is 51.5 Å². The normalized spacial score (nSPS) is 19.7. The van der Waals surface area contributed by atoms with E-state index in [1.807, 2.05) is 14.0 Å². The van der Waals surface area contributed by atoms with Crippen LogP contribution in [0.4, 0.5) is 0 Å². The molecule has 2 atom stereocenters. The van der Waals surface area contributed by atoms with E-state index in [1.165, 1.54) is 0 Å². The topological polar surface area (TPSA) is 69.7 Å². The molecule has 0 bridgehead atoms. The monoisotopic (exact) mass is 353 g/mol. The number of carbonyl (C=O) groups is 3. The molecule has 1 saturated heterocycles. The Kier molecular flexibility index (Phi) is 8.39. The van der Waals surface area contributed by atoms with Crippen molar-refractivity contribution in [3.63, 3.8) is 0 Å². The second kappa shape index (κ2) is 9.78. The Labute approximate surface area is 152 Å². The van der Waals surface area contributed by atoms with Crippen LogP contribution in [0, 0.1) is 5.41 Å². The number of hydrogen-bond donors (Lipinski definition) is 1. The number of hydrogen-bond acceptors (Lipinski definition) is 3. The van der Waals surface area contributed by atoms with Crippen molar-refractivity contribution in [2.24, 2.45) is 5.41 Å². The van der Waals surface area contributed by atoms with Crippen molar-refractivity contribution in [2.75, 3.05) is 27.2 Å². The molecule has 0 spiro atoms. The Balaban J connectivity index is 2.45. The Bertz CT molecular complexity index is 481. The lowest BCUT2D eigenvalue weighted by atomic mass is 9.81. The van der Waals surface area contributed by atoms with E-state index < -0.39 is 0 Å². The molecule has 0 saturated carbocycles. The van der Waals surface area contributed by atoms with Crippen LogP contribution in [0.25, 0.3) is 0 Å². The highest BCUT2D eigenvalue weighted by molar-refractivity contribution is 5.82. The van der Waals surface area contributed by atoms with E-state index in [4.69, 9.17) is 0 Å². The first-order valence-corrected chi connectivity index (χ1v) is 9.52. The number of rotatable bonds is 9. The fourth-order valence-electron chi connectivity index (χ4n) is 3.37. The molecule has 3 amide bonds. The first-order valence-electron chi connectivity index (χ1n) is 9.52. The number of nitrogens with one attached hydrogen (secondary N) is 1. The van der Waals surface area contributed by atoms with Crippen LogP contribution in [-0.4, -0.2) is 60.7 Å². The molecule has 0 aromatic rings. The quantitative estimate of drug-likeness (QED) is 0.691. The first-order chi connectivity index (χ1) is 11.7. The number of amides is 3. The lowest BCUT2D eigenvalue weighted by Crippen LogP contribution is -2.45. The molecular weight excluding hydrogens is 318 g/mol. The third kappa shape index (κ3) is 6.33. The maximum absolute atomic E-state index is 12.7. The molecule has 1 aliphatic rings. The molecule has 25 heavy (non-hydrogen) atoms. The summed E-state index contributed by atoms with van der Waals surface area (Å²) in [5, 5.41) is 2.88. The zero-order valence-electron chi connectivity index (χ0n) is 16.6. The molecule has 6 heteroatoms. The zero-order valence-corrected chi connectivity index (χ0v) is 16.6. The minimum Gasteiger partial charge on any atom is -0.353 e. The summed E-state index contributed by atoms with van der Waals surface area (Å²) in [4.78, 5) is 39.8. The van der Waals surface area contributed by atoms with E-state index in [1.54, 1.807) is 16.8 Å². The van der Waals surface area contributed by atoms with Gasteiger partial charge in [-0.25, -0.2) is 0 Å². The lowest BCUT2D eigenvalue weighted by Gasteiger charge is -2.33. The molecule has 1 fully saturated rings. The molecule has 0 aromatic heterocycles. The van der Waals surface area contributed by atoms with Gasteiger partial charge >= 0.3 is 0 Å². The van der Waals surface area contributed by atoms with E-state index in [0.29, 0.717) is 25.9 Å². The molecule has 144 valence electrons. The van der Waals surface area contributed by atoms with Gasteiger partial charge in [-0.15, -0.1) is 0 Å². The Morgan fingerprint density at radius 3 is 2.40 bits per heavy atom. The van der Waals surface area contributed by atoms with Gasteiger partial charge in [0.1, 0.15) is 0 Å². The van der Waals surface area contributed by atoms with Crippen molar-refractivity contribution in [1.29, 1.82) is 0 Å². The highest BCUT2D eigenvalue weighted by atomic mass is 16.2. The maximum Gasteiger partial charge on any atom is 0.228 e. The van der Waals surface area contributed by atoms with Crippen LogP contribution in [-0.2, 0) is 14.4 Å². The third-order valence-corrected chi connectivity index (χ3v) is 5.38. The minimum absolute atomic E-state index is 0.0138. The van der Waals surface area contributed by atoms with Crippen LogP contribution >= 0.6 is 0 Å². The first kappa shape index (κ1) is 21.5. The number of likely N-dealkylation sites (N-methyl/N-ethyl adjacent to an activating group) is 2. The van der Waals surface area contributed by atoms with Crippen LogP contribution in [0.2, 0.25) is 0 Å². The van der Waals surface area contributed by atoms with Crippen molar-refractivity contribution < 1.29 is 14.4 Å². The SMILES string of the molecule is CCCC(C)(CC)C(=O)N(C)CCN(C)C(=O)CC1CCCC(=O)N1. The van der Waals surface area contributed by atoms with E-state index in [0.717, 1.165) is 32.1 Å². The van der Waals surface area contributed by atoms with Gasteiger partial charge in [0.05, 0.1) is 0 Å². The molecule has 0 radical (unpaired) electrons. The average Bonchev–Trinajstić information content (AvgIpc) is 2.58. The smallest absolute Gasteiger partial charge is 0.228 e. The fourth-order valence-corrected chi connectivity index (χ4v) is 3.37. The highest BCUT2D eigenvalue weighted by Gasteiger charge is 2.32. The van der Waals surface area contributed by atoms with E-state index in [2.05, 4.69) is 19.2 Å². The van der Waals surface area contributed by atoms with Crippen molar-refractivity contribution in [2.45, 2.75) is 71.8 Å². The number of piperidine rings is 1. The Morgan fingerprint density at radius 1 is 1.20 bits per heavy atom. The van der Waals surface area contributed by atoms with Crippen LogP contribution in [0.3, 0.4) is 0 Å². The molecule has 0 aliphatic carbocycles. The molecular formula is C19H35N3O3. The van der Waals surface area contributed by atoms with E-state index in [9.17, 15) is 14.4 Å². The zero-order chi connectivity index (χ0) is 19.0. The summed E-state index contributed by atoms with van der Waals surface area (Å²) in [5.41, 5.74) is -0.321. The van der Waals surface area contributed by atoms with Crippen molar-refractivity contribution in [1.82, 2.24) is 15.1 Å². The highest BCUT2D eigenvalue weighted by Crippen LogP contribution is 2.29. The van der Waals surface area contributed by atoms with Gasteiger partial charge in [-0.2, -0.15) is 0 Å². The summed E-state index contributed by atoms with van der Waals surface area (Å²) in [6, 6.07) is -0.0523. The van der Waals surface area contributed by atoms with E-state index >= 15 is 0 Å². The predicted octanol–water partition coefficient (Wildman–Crippen LogP) is 2.18. The van der Waals surface area contributed by atoms with Crippen LogP contribution in [0.5, 0.6) is 0 Å². The standard InChI is InChI=1S/C19H35N3O3/c1-6-11-19(3,7-2)18(25)22(5)13-12-21(4)17(24)14-15-9-8-10-16(23)20-15/h15H,6-14H2,1-5H3,(H,20,23). The van der Waals surface area contributed by atoms with Gasteiger partial charge < -0.3 is 15.1 Å². The van der Waals surface area contributed by atoms with Gasteiger partial charge in [0.2, 0.25) is 17.7 Å². The maximum atomic E-state index is 12.7. The molecule has 6 nitrogen and oxygen atoms in total. The van der Waals surface area contributed by atoms with Crippen LogP contribution in [0.15, 0.2) is 0 Å². The van der Waals surface area contributed by atoms with Crippen LogP contribution < -0.4 is 5.32 Å². The average molecular weight is 354 g/mol. The van der Waals surface area contributed by atoms with Gasteiger partial charge in [0.15, 0.2) is 0 Å². The molecule has 2 unspecified atom stereocenters. The molecule has 1 aliphatic heterocycles. The summed E-state index contributed by atoms with van der Waals surface area (Å²) in [5.74, 6) is 0.198. The molecule has 0 aromatic carbocycles. The lowest BCUT2D eigenvalue weighted by molar-refractivity contribution is -0.142. The summed E-state index contributed by atoms with van der Waals surface area (Å²) < 4.78 is 0. The van der Waals surface area contributed by atoms with Gasteiger partial charge in [-0.05, 0) is 25.7 Å². The van der Waals surface area contributed by atoms with Gasteiger partial charge in [-0.1, -0.05) is 27.2 Å². The molecule has 1 N–H and O–H groups in total. The Morgan fingerprint density at radius 2 is 1.84 bits per heavy atom.